The largest absolute Gasteiger partial charge is 0.382 e. The lowest BCUT2D eigenvalue weighted by Crippen LogP contribution is -2.12. The lowest BCUT2D eigenvalue weighted by atomic mass is 10.2. The second-order valence-corrected chi connectivity index (χ2v) is 7.17. The molecule has 0 aromatic carbocycles. The number of aromatic nitrogens is 2. The first kappa shape index (κ1) is 19.8. The molecule has 0 aliphatic rings. The molecule has 3 heterocycles. The number of anilines is 2. The number of nitrogens with zero attached hydrogens (tertiary/aromatic N) is 3. The summed E-state index contributed by atoms with van der Waals surface area (Å²) in [6.07, 6.45) is 6.99. The minimum Gasteiger partial charge on any atom is -0.382 e. The lowest BCUT2D eigenvalue weighted by molar-refractivity contribution is 0.102. The number of nitrogens with two attached hydrogens (primary N) is 1. The van der Waals surface area contributed by atoms with Gasteiger partial charge in [-0.15, -0.1) is 22.7 Å². The Bertz CT molecular complexity index is 906. The fourth-order valence-electron chi connectivity index (χ4n) is 2.16. The molecule has 8 heteroatoms. The van der Waals surface area contributed by atoms with Crippen LogP contribution in [0, 0.1) is 11.3 Å². The van der Waals surface area contributed by atoms with Crippen LogP contribution >= 0.6 is 22.7 Å². The monoisotopic (exact) mass is 387 g/mol. The number of carbonyl (C=O) groups excluding carboxylic acids is 1. The van der Waals surface area contributed by atoms with Crippen molar-refractivity contribution in [3.05, 3.63) is 33.5 Å². The zero-order valence-electron chi connectivity index (χ0n) is 14.8. The highest BCUT2D eigenvalue weighted by Crippen LogP contribution is 2.25. The third-order valence-electron chi connectivity index (χ3n) is 3.53. The van der Waals surface area contributed by atoms with Crippen LogP contribution in [-0.2, 0) is 0 Å². The van der Waals surface area contributed by atoms with Crippen molar-refractivity contribution in [3.63, 3.8) is 0 Å². The molecular weight excluding hydrogens is 366 g/mol. The van der Waals surface area contributed by atoms with E-state index in [2.05, 4.69) is 29.1 Å². The van der Waals surface area contributed by atoms with Gasteiger partial charge in [0.2, 0.25) is 0 Å². The Labute approximate surface area is 160 Å². The second-order valence-electron chi connectivity index (χ2n) is 5.57. The standard InChI is InChI=1S/C12H7N5OS2.C6H14/c13-1-6-3-19-5-8(6)16-11(18)7-4-20-12-10(7)17-9(14)2-15-12;1-3-5-6-4-2/h2-5H,(H2,14,17)(H,16,18);3-6H2,1-2H3. The highest BCUT2D eigenvalue weighted by Gasteiger charge is 2.16. The minimum atomic E-state index is -0.328. The van der Waals surface area contributed by atoms with E-state index >= 15 is 0 Å². The summed E-state index contributed by atoms with van der Waals surface area (Å²) in [5, 5.41) is 16.7. The number of nitriles is 1. The van der Waals surface area contributed by atoms with E-state index in [9.17, 15) is 4.79 Å². The van der Waals surface area contributed by atoms with Crippen LogP contribution in [0.4, 0.5) is 11.5 Å². The van der Waals surface area contributed by atoms with Crippen molar-refractivity contribution in [2.24, 2.45) is 0 Å². The normalized spacial score (nSPS) is 10.0. The lowest BCUT2D eigenvalue weighted by Gasteiger charge is -2.02. The van der Waals surface area contributed by atoms with Crippen LogP contribution in [0.5, 0.6) is 0 Å². The summed E-state index contributed by atoms with van der Waals surface area (Å²) in [6, 6.07) is 2.02. The van der Waals surface area contributed by atoms with Crippen molar-refractivity contribution in [1.29, 1.82) is 5.26 Å². The van der Waals surface area contributed by atoms with Gasteiger partial charge in [-0.3, -0.25) is 4.79 Å². The maximum atomic E-state index is 12.2. The molecule has 136 valence electrons. The minimum absolute atomic E-state index is 0.262. The second kappa shape index (κ2) is 9.85. The number of thiophene rings is 2. The van der Waals surface area contributed by atoms with Gasteiger partial charge in [0.25, 0.3) is 5.91 Å². The fourth-order valence-corrected chi connectivity index (χ4v) is 3.69. The van der Waals surface area contributed by atoms with Gasteiger partial charge >= 0.3 is 0 Å². The average Bonchev–Trinajstić information content (AvgIpc) is 3.26. The van der Waals surface area contributed by atoms with E-state index in [4.69, 9.17) is 11.0 Å². The molecule has 3 rings (SSSR count). The highest BCUT2D eigenvalue weighted by atomic mass is 32.1. The van der Waals surface area contributed by atoms with E-state index in [0.29, 0.717) is 27.2 Å². The molecule has 0 atom stereocenters. The third-order valence-corrected chi connectivity index (χ3v) is 5.15. The number of rotatable bonds is 5. The fraction of sp³-hybridized carbons (Fsp3) is 0.333. The third kappa shape index (κ3) is 5.00. The van der Waals surface area contributed by atoms with E-state index in [1.165, 1.54) is 54.6 Å². The maximum absolute atomic E-state index is 12.2. The molecular formula is C18H21N5OS2. The number of nitrogen functional groups attached to an aromatic ring is 1. The number of unbranched alkanes of at least 4 members (excludes halogenated alkanes) is 3. The molecule has 0 fully saturated rings. The molecule has 3 aromatic rings. The zero-order chi connectivity index (χ0) is 18.9. The molecule has 0 bridgehead atoms. The molecule has 1 amide bonds. The van der Waals surface area contributed by atoms with Gasteiger partial charge < -0.3 is 11.1 Å². The van der Waals surface area contributed by atoms with Gasteiger partial charge in [-0.2, -0.15) is 5.26 Å². The molecule has 6 nitrogen and oxygen atoms in total. The Kier molecular flexibility index (Phi) is 7.51. The van der Waals surface area contributed by atoms with Gasteiger partial charge in [0.15, 0.2) is 0 Å². The molecule has 0 radical (unpaired) electrons. The van der Waals surface area contributed by atoms with Gasteiger partial charge in [0, 0.05) is 16.1 Å². The van der Waals surface area contributed by atoms with Crippen LogP contribution < -0.4 is 11.1 Å². The molecule has 0 unspecified atom stereocenters. The van der Waals surface area contributed by atoms with Crippen molar-refractivity contribution < 1.29 is 4.79 Å². The number of hydrogen-bond donors (Lipinski definition) is 2. The molecule has 0 saturated heterocycles. The average molecular weight is 388 g/mol. The number of amides is 1. The summed E-state index contributed by atoms with van der Waals surface area (Å²) in [6.45, 7) is 4.46. The van der Waals surface area contributed by atoms with Crippen LogP contribution in [0.1, 0.15) is 55.5 Å². The van der Waals surface area contributed by atoms with Crippen LogP contribution in [0.15, 0.2) is 22.3 Å². The van der Waals surface area contributed by atoms with Crippen LogP contribution in [0.25, 0.3) is 10.3 Å². The molecule has 0 aliphatic carbocycles. The zero-order valence-corrected chi connectivity index (χ0v) is 16.4. The van der Waals surface area contributed by atoms with Crippen molar-refractivity contribution in [1.82, 2.24) is 9.97 Å². The first-order valence-electron chi connectivity index (χ1n) is 8.38. The topological polar surface area (TPSA) is 105 Å². The predicted octanol–water partition coefficient (Wildman–Crippen LogP) is 5.05. The Morgan fingerprint density at radius 1 is 1.27 bits per heavy atom. The molecule has 0 spiro atoms. The number of hydrogen-bond acceptors (Lipinski definition) is 7. The summed E-state index contributed by atoms with van der Waals surface area (Å²) in [7, 11) is 0. The predicted molar refractivity (Wildman–Crippen MR) is 109 cm³/mol. The molecule has 26 heavy (non-hydrogen) atoms. The Hall–Kier alpha value is -2.50. The Morgan fingerprint density at radius 2 is 2.00 bits per heavy atom. The quantitative estimate of drug-likeness (QED) is 0.596. The number of nitrogens with one attached hydrogen (secondary N) is 1. The van der Waals surface area contributed by atoms with E-state index in [1.807, 2.05) is 6.07 Å². The smallest absolute Gasteiger partial charge is 0.258 e. The highest BCUT2D eigenvalue weighted by molar-refractivity contribution is 7.17. The van der Waals surface area contributed by atoms with E-state index in [-0.39, 0.29) is 11.7 Å². The van der Waals surface area contributed by atoms with Crippen LogP contribution in [-0.4, -0.2) is 15.9 Å². The van der Waals surface area contributed by atoms with E-state index < -0.39 is 0 Å². The van der Waals surface area contributed by atoms with Gasteiger partial charge in [-0.25, -0.2) is 9.97 Å². The van der Waals surface area contributed by atoms with Crippen LogP contribution in [0.2, 0.25) is 0 Å². The molecule has 0 aliphatic heterocycles. The van der Waals surface area contributed by atoms with Gasteiger partial charge in [-0.1, -0.05) is 39.5 Å². The molecule has 3 N–H and O–H groups in total. The summed E-state index contributed by atoms with van der Waals surface area (Å²) >= 11 is 2.67. The Morgan fingerprint density at radius 3 is 2.65 bits per heavy atom. The summed E-state index contributed by atoms with van der Waals surface area (Å²) in [5.41, 5.74) is 7.40. The van der Waals surface area contributed by atoms with E-state index in [0.717, 1.165) is 0 Å². The first-order chi connectivity index (χ1) is 12.6. The summed E-state index contributed by atoms with van der Waals surface area (Å²) in [5.74, 6) is -0.0655. The van der Waals surface area contributed by atoms with Gasteiger partial charge in [-0.05, 0) is 0 Å². The number of fused-ring (bicyclic) bond motifs is 1. The van der Waals surface area contributed by atoms with Gasteiger partial charge in [0.05, 0.1) is 23.0 Å². The SMILES string of the molecule is CCCCCC.N#Cc1cscc1NC(=O)c1csc2ncc(N)nc12. The first-order valence-corrected chi connectivity index (χ1v) is 10.2. The summed E-state index contributed by atoms with van der Waals surface area (Å²) in [4.78, 5) is 21.1. The maximum Gasteiger partial charge on any atom is 0.258 e. The number of carbonyl (C=O) groups is 1. The van der Waals surface area contributed by atoms with E-state index in [1.54, 1.807) is 16.1 Å². The Balaban J connectivity index is 0.000000352. The summed E-state index contributed by atoms with van der Waals surface area (Å²) < 4.78 is 0. The van der Waals surface area contributed by atoms with Crippen LogP contribution in [0.3, 0.4) is 0 Å². The van der Waals surface area contributed by atoms with Crippen molar-refractivity contribution in [3.8, 4) is 6.07 Å². The molecule has 0 saturated carbocycles. The van der Waals surface area contributed by atoms with Gasteiger partial charge in [0.1, 0.15) is 22.2 Å². The van der Waals surface area contributed by atoms with Crippen molar-refractivity contribution in [2.75, 3.05) is 11.1 Å². The molecule has 3 aromatic heterocycles. The van der Waals surface area contributed by atoms with Crippen molar-refractivity contribution >= 4 is 50.4 Å². The van der Waals surface area contributed by atoms with Crippen molar-refractivity contribution in [2.45, 2.75) is 39.5 Å².